The molecule has 0 spiro atoms. The van der Waals surface area contributed by atoms with Gasteiger partial charge in [-0.2, -0.15) is 0 Å². The predicted molar refractivity (Wildman–Crippen MR) is 82.8 cm³/mol. The van der Waals surface area contributed by atoms with Gasteiger partial charge in [0.1, 0.15) is 11.5 Å². The Bertz CT molecular complexity index is 577. The standard InChI is InChI=1S/C17H22N2O2/c1-13-9-10-16(21-13)11-19(3)12-17(20)18-14(2)15-7-5-4-6-8-15/h4-10,14H,11-12H2,1-3H3,(H,18,20)/t14-/m0/s1. The highest BCUT2D eigenvalue weighted by atomic mass is 16.3. The van der Waals surface area contributed by atoms with Crippen LogP contribution in [-0.2, 0) is 11.3 Å². The molecule has 2 rings (SSSR count). The quantitative estimate of drug-likeness (QED) is 0.888. The van der Waals surface area contributed by atoms with Crippen molar-refractivity contribution >= 4 is 5.91 Å². The second kappa shape index (κ2) is 7.09. The third kappa shape index (κ3) is 4.76. The summed E-state index contributed by atoms with van der Waals surface area (Å²) in [5.74, 6) is 1.77. The molecule has 1 aromatic carbocycles. The summed E-state index contributed by atoms with van der Waals surface area (Å²) in [6.07, 6.45) is 0. The van der Waals surface area contributed by atoms with Crippen molar-refractivity contribution in [2.45, 2.75) is 26.4 Å². The van der Waals surface area contributed by atoms with Gasteiger partial charge in [-0.05, 0) is 38.6 Å². The maximum atomic E-state index is 12.0. The lowest BCUT2D eigenvalue weighted by Gasteiger charge is -2.18. The number of rotatable bonds is 6. The van der Waals surface area contributed by atoms with Gasteiger partial charge >= 0.3 is 0 Å². The molecule has 0 bridgehead atoms. The van der Waals surface area contributed by atoms with Crippen LogP contribution in [0, 0.1) is 6.92 Å². The van der Waals surface area contributed by atoms with Crippen molar-refractivity contribution in [1.82, 2.24) is 10.2 Å². The van der Waals surface area contributed by atoms with Crippen LogP contribution < -0.4 is 5.32 Å². The van der Waals surface area contributed by atoms with Gasteiger partial charge in [-0.25, -0.2) is 0 Å². The van der Waals surface area contributed by atoms with Gasteiger partial charge in [-0.3, -0.25) is 9.69 Å². The van der Waals surface area contributed by atoms with Gasteiger partial charge in [-0.1, -0.05) is 30.3 Å². The number of amides is 1. The zero-order chi connectivity index (χ0) is 15.2. The van der Waals surface area contributed by atoms with Crippen molar-refractivity contribution < 1.29 is 9.21 Å². The average Bonchev–Trinajstić information content (AvgIpc) is 2.84. The van der Waals surface area contributed by atoms with Crippen molar-refractivity contribution in [3.8, 4) is 0 Å². The molecule has 1 heterocycles. The van der Waals surface area contributed by atoms with E-state index in [0.717, 1.165) is 17.1 Å². The Morgan fingerprint density at radius 2 is 1.95 bits per heavy atom. The number of likely N-dealkylation sites (N-methyl/N-ethyl adjacent to an activating group) is 1. The number of furan rings is 1. The number of benzene rings is 1. The third-order valence-corrected chi connectivity index (χ3v) is 3.31. The number of carbonyl (C=O) groups is 1. The fraction of sp³-hybridized carbons (Fsp3) is 0.353. The van der Waals surface area contributed by atoms with E-state index in [0.29, 0.717) is 13.1 Å². The molecule has 0 fully saturated rings. The second-order valence-electron chi connectivity index (χ2n) is 5.38. The van der Waals surface area contributed by atoms with E-state index in [1.807, 2.05) is 68.3 Å². The first-order chi connectivity index (χ1) is 10.0. The fourth-order valence-electron chi connectivity index (χ4n) is 2.25. The van der Waals surface area contributed by atoms with Crippen LogP contribution in [0.5, 0.6) is 0 Å². The Hall–Kier alpha value is -2.07. The molecule has 21 heavy (non-hydrogen) atoms. The molecule has 112 valence electrons. The van der Waals surface area contributed by atoms with Crippen LogP contribution in [0.2, 0.25) is 0 Å². The Morgan fingerprint density at radius 3 is 2.57 bits per heavy atom. The van der Waals surface area contributed by atoms with Crippen LogP contribution in [0.15, 0.2) is 46.9 Å². The minimum absolute atomic E-state index is 0.0112. The van der Waals surface area contributed by atoms with Crippen molar-refractivity contribution in [3.63, 3.8) is 0 Å². The van der Waals surface area contributed by atoms with E-state index < -0.39 is 0 Å². The molecule has 0 saturated heterocycles. The van der Waals surface area contributed by atoms with Crippen molar-refractivity contribution in [2.24, 2.45) is 0 Å². The van der Waals surface area contributed by atoms with Crippen LogP contribution in [-0.4, -0.2) is 24.4 Å². The number of nitrogens with zero attached hydrogens (tertiary/aromatic N) is 1. The molecule has 0 aliphatic carbocycles. The molecule has 1 atom stereocenters. The highest BCUT2D eigenvalue weighted by Gasteiger charge is 2.12. The highest BCUT2D eigenvalue weighted by molar-refractivity contribution is 5.78. The predicted octanol–water partition coefficient (Wildman–Crippen LogP) is 2.90. The minimum atomic E-state index is 0.0112. The first-order valence-corrected chi connectivity index (χ1v) is 7.13. The summed E-state index contributed by atoms with van der Waals surface area (Å²) in [7, 11) is 1.91. The van der Waals surface area contributed by atoms with Gasteiger partial charge < -0.3 is 9.73 Å². The molecule has 4 nitrogen and oxygen atoms in total. The Labute approximate surface area is 125 Å². The summed E-state index contributed by atoms with van der Waals surface area (Å²) in [5.41, 5.74) is 1.11. The van der Waals surface area contributed by atoms with Crippen molar-refractivity contribution in [2.75, 3.05) is 13.6 Å². The molecule has 1 amide bonds. The van der Waals surface area contributed by atoms with Gasteiger partial charge in [0, 0.05) is 0 Å². The van der Waals surface area contributed by atoms with E-state index in [2.05, 4.69) is 5.32 Å². The maximum Gasteiger partial charge on any atom is 0.234 e. The van der Waals surface area contributed by atoms with Crippen molar-refractivity contribution in [3.05, 3.63) is 59.5 Å². The normalized spacial score (nSPS) is 12.4. The van der Waals surface area contributed by atoms with E-state index in [1.165, 1.54) is 0 Å². The molecular formula is C17H22N2O2. The largest absolute Gasteiger partial charge is 0.465 e. The monoisotopic (exact) mass is 286 g/mol. The summed E-state index contributed by atoms with van der Waals surface area (Å²) in [4.78, 5) is 14.0. The maximum absolute atomic E-state index is 12.0. The third-order valence-electron chi connectivity index (χ3n) is 3.31. The number of hydrogen-bond donors (Lipinski definition) is 1. The van der Waals surface area contributed by atoms with Crippen LogP contribution >= 0.6 is 0 Å². The van der Waals surface area contributed by atoms with Gasteiger partial charge in [0.2, 0.25) is 5.91 Å². The molecule has 0 aliphatic heterocycles. The van der Waals surface area contributed by atoms with E-state index in [1.54, 1.807) is 0 Å². The number of carbonyl (C=O) groups excluding carboxylic acids is 1. The lowest BCUT2D eigenvalue weighted by atomic mass is 10.1. The van der Waals surface area contributed by atoms with E-state index >= 15 is 0 Å². The van der Waals surface area contributed by atoms with Crippen LogP contribution in [0.1, 0.15) is 30.0 Å². The Balaban J connectivity index is 1.81. The topological polar surface area (TPSA) is 45.5 Å². The SMILES string of the molecule is Cc1ccc(CN(C)CC(=O)N[C@@H](C)c2ccccc2)o1. The molecule has 0 aliphatic rings. The minimum Gasteiger partial charge on any atom is -0.465 e. The Kier molecular flexibility index (Phi) is 5.17. The molecule has 1 N–H and O–H groups in total. The molecule has 0 unspecified atom stereocenters. The summed E-state index contributed by atoms with van der Waals surface area (Å²) in [6.45, 7) is 4.87. The zero-order valence-electron chi connectivity index (χ0n) is 12.8. The van der Waals surface area contributed by atoms with Crippen LogP contribution in [0.3, 0.4) is 0 Å². The Morgan fingerprint density at radius 1 is 1.24 bits per heavy atom. The molecule has 0 saturated carbocycles. The van der Waals surface area contributed by atoms with E-state index in [9.17, 15) is 4.79 Å². The van der Waals surface area contributed by atoms with Crippen LogP contribution in [0.25, 0.3) is 0 Å². The first kappa shape index (κ1) is 15.3. The number of aryl methyl sites for hydroxylation is 1. The van der Waals surface area contributed by atoms with Crippen molar-refractivity contribution in [1.29, 1.82) is 0 Å². The van der Waals surface area contributed by atoms with Gasteiger partial charge in [0.05, 0.1) is 19.1 Å². The van der Waals surface area contributed by atoms with E-state index in [4.69, 9.17) is 4.42 Å². The second-order valence-corrected chi connectivity index (χ2v) is 5.38. The summed E-state index contributed by atoms with van der Waals surface area (Å²) >= 11 is 0. The zero-order valence-corrected chi connectivity index (χ0v) is 12.8. The summed E-state index contributed by atoms with van der Waals surface area (Å²) < 4.78 is 5.51. The van der Waals surface area contributed by atoms with Gasteiger partial charge in [-0.15, -0.1) is 0 Å². The van der Waals surface area contributed by atoms with Crippen LogP contribution in [0.4, 0.5) is 0 Å². The van der Waals surface area contributed by atoms with E-state index in [-0.39, 0.29) is 11.9 Å². The molecule has 0 radical (unpaired) electrons. The van der Waals surface area contributed by atoms with Gasteiger partial charge in [0.15, 0.2) is 0 Å². The fourth-order valence-corrected chi connectivity index (χ4v) is 2.25. The van der Waals surface area contributed by atoms with Gasteiger partial charge in [0.25, 0.3) is 0 Å². The molecule has 4 heteroatoms. The molecule has 2 aromatic rings. The number of hydrogen-bond acceptors (Lipinski definition) is 3. The number of nitrogens with one attached hydrogen (secondary N) is 1. The lowest BCUT2D eigenvalue weighted by Crippen LogP contribution is -2.36. The highest BCUT2D eigenvalue weighted by Crippen LogP contribution is 2.11. The smallest absolute Gasteiger partial charge is 0.234 e. The molecule has 1 aromatic heterocycles. The lowest BCUT2D eigenvalue weighted by molar-refractivity contribution is -0.122. The molecular weight excluding hydrogens is 264 g/mol. The average molecular weight is 286 g/mol. The summed E-state index contributed by atoms with van der Waals surface area (Å²) in [5, 5.41) is 3.01. The first-order valence-electron chi connectivity index (χ1n) is 7.13. The summed E-state index contributed by atoms with van der Waals surface area (Å²) in [6, 6.07) is 13.8.